The molecule has 1 saturated heterocycles. The third-order valence-electron chi connectivity index (χ3n) is 5.52. The summed E-state index contributed by atoms with van der Waals surface area (Å²) in [5, 5.41) is 7.67. The molecule has 31 heavy (non-hydrogen) atoms. The summed E-state index contributed by atoms with van der Waals surface area (Å²) in [5.41, 5.74) is 6.44. The monoisotopic (exact) mass is 568 g/mol. The van der Waals surface area contributed by atoms with E-state index in [4.69, 9.17) is 33.0 Å². The van der Waals surface area contributed by atoms with E-state index in [9.17, 15) is 4.79 Å². The number of piperidine rings is 1. The summed E-state index contributed by atoms with van der Waals surface area (Å²) >= 11 is 14.9. The number of amides is 1. The Morgan fingerprint density at radius 2 is 1.90 bits per heavy atom. The van der Waals surface area contributed by atoms with Crippen LogP contribution in [0.25, 0.3) is 16.9 Å². The second-order valence-electron chi connectivity index (χ2n) is 7.60. The molecule has 160 valence electrons. The second kappa shape index (κ2) is 8.61. The summed E-state index contributed by atoms with van der Waals surface area (Å²) in [4.78, 5) is 13.2. The maximum absolute atomic E-state index is 13.2. The van der Waals surface area contributed by atoms with Gasteiger partial charge in [0, 0.05) is 32.8 Å². The van der Waals surface area contributed by atoms with E-state index < -0.39 is 0 Å². The Balaban J connectivity index is 1.64. The number of halogens is 3. The van der Waals surface area contributed by atoms with Gasteiger partial charge < -0.3 is 4.74 Å². The van der Waals surface area contributed by atoms with Gasteiger partial charge >= 0.3 is 0 Å². The normalized spacial score (nSPS) is 15.7. The average Bonchev–Trinajstić information content (AvgIpc) is 3.14. The molecule has 0 bridgehead atoms. The Labute approximate surface area is 203 Å². The van der Waals surface area contributed by atoms with Crippen LogP contribution in [0.1, 0.15) is 35.3 Å². The number of fused-ring (bicyclic) bond motifs is 3. The van der Waals surface area contributed by atoms with Crippen molar-refractivity contribution in [3.63, 3.8) is 0 Å². The maximum Gasteiger partial charge on any atom is 0.286 e. The molecule has 2 aliphatic heterocycles. The van der Waals surface area contributed by atoms with Crippen LogP contribution in [0.3, 0.4) is 0 Å². The van der Waals surface area contributed by atoms with E-state index in [0.29, 0.717) is 21.4 Å². The molecule has 5 rings (SSSR count). The van der Waals surface area contributed by atoms with Crippen LogP contribution < -0.4 is 10.2 Å². The number of benzene rings is 2. The number of ether oxygens (including phenoxy) is 1. The van der Waals surface area contributed by atoms with Crippen LogP contribution in [-0.2, 0) is 6.61 Å². The zero-order chi connectivity index (χ0) is 21.5. The van der Waals surface area contributed by atoms with Crippen molar-refractivity contribution in [3.05, 3.63) is 61.3 Å². The molecule has 1 N–H and O–H groups in total. The largest absolute Gasteiger partial charge is 0.488 e. The van der Waals surface area contributed by atoms with Crippen LogP contribution in [0.4, 0.5) is 0 Å². The quantitative estimate of drug-likeness (QED) is 0.425. The summed E-state index contributed by atoms with van der Waals surface area (Å²) in [5.74, 6) is 0.521. The van der Waals surface area contributed by atoms with E-state index in [1.165, 1.54) is 6.42 Å². The Hall–Kier alpha value is -1.81. The van der Waals surface area contributed by atoms with Crippen molar-refractivity contribution in [2.24, 2.45) is 0 Å². The van der Waals surface area contributed by atoms with Gasteiger partial charge in [0.25, 0.3) is 5.91 Å². The van der Waals surface area contributed by atoms with Crippen molar-refractivity contribution >= 4 is 51.7 Å². The van der Waals surface area contributed by atoms with Crippen LogP contribution in [0.15, 0.2) is 36.4 Å². The molecule has 3 aromatic rings. The Morgan fingerprint density at radius 3 is 2.68 bits per heavy atom. The molecule has 0 aliphatic carbocycles. The van der Waals surface area contributed by atoms with Gasteiger partial charge in [-0.1, -0.05) is 29.6 Å². The Morgan fingerprint density at radius 1 is 1.10 bits per heavy atom. The Bertz CT molecular complexity index is 1170. The van der Waals surface area contributed by atoms with Crippen molar-refractivity contribution in [2.45, 2.75) is 25.9 Å². The van der Waals surface area contributed by atoms with Crippen molar-refractivity contribution < 1.29 is 9.53 Å². The van der Waals surface area contributed by atoms with Crippen molar-refractivity contribution in [1.29, 1.82) is 0 Å². The summed E-state index contributed by atoms with van der Waals surface area (Å²) < 4.78 is 8.80. The van der Waals surface area contributed by atoms with Gasteiger partial charge in [0.05, 0.1) is 16.4 Å². The van der Waals surface area contributed by atoms with Gasteiger partial charge in [-0.3, -0.25) is 10.2 Å². The first-order valence-electron chi connectivity index (χ1n) is 10.1. The fraction of sp³-hybridized carbons (Fsp3) is 0.273. The van der Waals surface area contributed by atoms with Crippen LogP contribution in [0.5, 0.6) is 5.75 Å². The molecule has 0 unspecified atom stereocenters. The molecule has 0 radical (unpaired) electrons. The highest BCUT2D eigenvalue weighted by molar-refractivity contribution is 14.1. The number of carbonyl (C=O) groups excluding carboxylic acids is 1. The zero-order valence-electron chi connectivity index (χ0n) is 16.5. The van der Waals surface area contributed by atoms with Gasteiger partial charge in [0.1, 0.15) is 12.4 Å². The molecule has 1 fully saturated rings. The van der Waals surface area contributed by atoms with Crippen molar-refractivity contribution in [1.82, 2.24) is 20.2 Å². The van der Waals surface area contributed by atoms with Gasteiger partial charge in [0.2, 0.25) is 0 Å². The number of nitrogens with one attached hydrogen (secondary N) is 1. The maximum atomic E-state index is 13.2. The molecule has 1 amide bonds. The summed E-state index contributed by atoms with van der Waals surface area (Å²) in [6.07, 6.45) is 3.33. The van der Waals surface area contributed by atoms with E-state index in [0.717, 1.165) is 52.1 Å². The lowest BCUT2D eigenvalue weighted by Crippen LogP contribution is -2.45. The summed E-state index contributed by atoms with van der Waals surface area (Å²) in [7, 11) is 0. The van der Waals surface area contributed by atoms with E-state index >= 15 is 0 Å². The molecule has 3 heterocycles. The van der Waals surface area contributed by atoms with Crippen LogP contribution in [0, 0.1) is 3.57 Å². The smallest absolute Gasteiger partial charge is 0.286 e. The van der Waals surface area contributed by atoms with Gasteiger partial charge in [-0.25, -0.2) is 9.69 Å². The summed E-state index contributed by atoms with van der Waals surface area (Å²) in [6, 6.07) is 11.2. The van der Waals surface area contributed by atoms with Gasteiger partial charge in [-0.05, 0) is 71.8 Å². The Kier molecular flexibility index (Phi) is 5.85. The highest BCUT2D eigenvalue weighted by Crippen LogP contribution is 2.41. The van der Waals surface area contributed by atoms with Crippen molar-refractivity contribution in [2.75, 3.05) is 13.1 Å². The molecule has 2 aliphatic rings. The minimum absolute atomic E-state index is 0.237. The molecule has 2 aromatic carbocycles. The lowest BCUT2D eigenvalue weighted by molar-refractivity contribution is 0.0742. The first kappa shape index (κ1) is 21.1. The third-order valence-corrected chi connectivity index (χ3v) is 6.73. The van der Waals surface area contributed by atoms with E-state index in [-0.39, 0.29) is 12.5 Å². The highest BCUT2D eigenvalue weighted by Gasteiger charge is 2.31. The van der Waals surface area contributed by atoms with Gasteiger partial charge in [-0.2, -0.15) is 5.10 Å². The minimum Gasteiger partial charge on any atom is -0.488 e. The number of hydrazine groups is 1. The molecule has 0 spiro atoms. The number of nitrogens with zero attached hydrogens (tertiary/aromatic N) is 3. The SMILES string of the molecule is O=C(NN1CCCCC1)c1nn(-c2ccc(Cl)cc2Cl)c2c1COc1cc(I)ccc1-2. The van der Waals surface area contributed by atoms with E-state index in [1.54, 1.807) is 16.8 Å². The molecule has 6 nitrogen and oxygen atoms in total. The standard InChI is InChI=1S/C22H19Cl2IN4O2/c23-13-4-7-18(17(24)10-13)29-21-15-6-5-14(25)11-19(15)31-12-16(21)20(26-29)22(30)27-28-8-2-1-3-9-28/h4-7,10-11H,1-3,8-9,12H2,(H,27,30). The van der Waals surface area contributed by atoms with Crippen molar-refractivity contribution in [3.8, 4) is 22.7 Å². The second-order valence-corrected chi connectivity index (χ2v) is 9.69. The number of rotatable bonds is 3. The predicted molar refractivity (Wildman–Crippen MR) is 129 cm³/mol. The summed E-state index contributed by atoms with van der Waals surface area (Å²) in [6.45, 7) is 1.95. The van der Waals surface area contributed by atoms with E-state index in [2.05, 4.69) is 28.0 Å². The molecule has 1 aromatic heterocycles. The van der Waals surface area contributed by atoms with Crippen LogP contribution >= 0.6 is 45.8 Å². The topological polar surface area (TPSA) is 59.4 Å². The van der Waals surface area contributed by atoms with Crippen LogP contribution in [0.2, 0.25) is 10.0 Å². The van der Waals surface area contributed by atoms with Crippen LogP contribution in [-0.4, -0.2) is 33.8 Å². The molecule has 9 heteroatoms. The third kappa shape index (κ3) is 4.04. The highest BCUT2D eigenvalue weighted by atomic mass is 127. The number of hydrogen-bond donors (Lipinski definition) is 1. The molecular formula is C22H19Cl2IN4O2. The molecule has 0 saturated carbocycles. The molecular weight excluding hydrogens is 550 g/mol. The number of hydrogen-bond acceptors (Lipinski definition) is 4. The fourth-order valence-corrected chi connectivity index (χ4v) is 4.99. The van der Waals surface area contributed by atoms with Gasteiger partial charge in [-0.15, -0.1) is 0 Å². The fourth-order valence-electron chi connectivity index (χ4n) is 4.04. The number of carbonyl (C=O) groups is 1. The first-order chi connectivity index (χ1) is 15.0. The zero-order valence-corrected chi connectivity index (χ0v) is 20.2. The molecule has 0 atom stereocenters. The number of aromatic nitrogens is 2. The average molecular weight is 569 g/mol. The lowest BCUT2D eigenvalue weighted by atomic mass is 10.0. The lowest BCUT2D eigenvalue weighted by Gasteiger charge is -2.26. The minimum atomic E-state index is -0.237. The predicted octanol–water partition coefficient (Wildman–Crippen LogP) is 5.47. The van der Waals surface area contributed by atoms with E-state index in [1.807, 2.05) is 29.3 Å². The first-order valence-corrected chi connectivity index (χ1v) is 11.9. The van der Waals surface area contributed by atoms with Gasteiger partial charge in [0.15, 0.2) is 5.69 Å².